The molecule has 1 aromatic rings. The van der Waals surface area contributed by atoms with Crippen LogP contribution in [-0.4, -0.2) is 24.1 Å². The molecular formula is C12H10ClFN2O5. The lowest BCUT2D eigenvalue weighted by atomic mass is 10.2. The Hall–Kier alpha value is -2.35. The monoisotopic (exact) mass is 316 g/mol. The maximum atomic E-state index is 13.3. The standard InChI is InChI=1S/C12H10ClFN2O5/c1-2-20-12(17)11(16(18)19)9-5-21-10-4-7(14)6(13)3-8(10)15-9/h3-4,15H,2,5H2,1H3/b11-9-. The Morgan fingerprint density at radius 1 is 1.62 bits per heavy atom. The van der Waals surface area contributed by atoms with Gasteiger partial charge in [0.2, 0.25) is 0 Å². The third kappa shape index (κ3) is 3.05. The van der Waals surface area contributed by atoms with Crippen LogP contribution < -0.4 is 10.1 Å². The van der Waals surface area contributed by atoms with Gasteiger partial charge in [-0.25, -0.2) is 9.18 Å². The highest BCUT2D eigenvalue weighted by Crippen LogP contribution is 2.35. The van der Waals surface area contributed by atoms with E-state index in [9.17, 15) is 19.3 Å². The van der Waals surface area contributed by atoms with E-state index in [0.717, 1.165) is 6.07 Å². The lowest BCUT2D eigenvalue weighted by Crippen LogP contribution is -2.26. The fourth-order valence-electron chi connectivity index (χ4n) is 1.73. The summed E-state index contributed by atoms with van der Waals surface area (Å²) in [6.45, 7) is 1.24. The number of hydrogen-bond donors (Lipinski definition) is 1. The van der Waals surface area contributed by atoms with E-state index in [2.05, 4.69) is 10.1 Å². The van der Waals surface area contributed by atoms with Gasteiger partial charge in [0.15, 0.2) is 0 Å². The van der Waals surface area contributed by atoms with Crippen molar-refractivity contribution in [2.24, 2.45) is 0 Å². The van der Waals surface area contributed by atoms with E-state index in [1.165, 1.54) is 13.0 Å². The van der Waals surface area contributed by atoms with Crippen LogP contribution >= 0.6 is 11.6 Å². The van der Waals surface area contributed by atoms with Crippen LogP contribution in [0.25, 0.3) is 0 Å². The van der Waals surface area contributed by atoms with E-state index < -0.39 is 22.4 Å². The number of halogens is 2. The molecule has 1 aliphatic heterocycles. The number of carbonyl (C=O) groups excluding carboxylic acids is 1. The number of esters is 1. The summed E-state index contributed by atoms with van der Waals surface area (Å²) >= 11 is 5.64. The van der Waals surface area contributed by atoms with Crippen LogP contribution in [0.3, 0.4) is 0 Å². The first kappa shape index (κ1) is 15.0. The zero-order valence-electron chi connectivity index (χ0n) is 10.8. The molecule has 1 aliphatic rings. The lowest BCUT2D eigenvalue weighted by molar-refractivity contribution is -0.422. The predicted molar refractivity (Wildman–Crippen MR) is 71.2 cm³/mol. The van der Waals surface area contributed by atoms with Gasteiger partial charge in [0, 0.05) is 6.07 Å². The molecule has 1 heterocycles. The molecule has 1 aromatic carbocycles. The second-order valence-corrected chi connectivity index (χ2v) is 4.39. The van der Waals surface area contributed by atoms with Crippen molar-refractivity contribution in [1.82, 2.24) is 0 Å². The molecule has 0 saturated heterocycles. The van der Waals surface area contributed by atoms with Crippen LogP contribution in [0.15, 0.2) is 23.5 Å². The Morgan fingerprint density at radius 3 is 2.95 bits per heavy atom. The molecule has 9 heteroatoms. The first-order valence-corrected chi connectivity index (χ1v) is 6.25. The Labute approximate surface area is 123 Å². The minimum Gasteiger partial charge on any atom is -0.485 e. The van der Waals surface area contributed by atoms with E-state index in [1.807, 2.05) is 0 Å². The summed E-state index contributed by atoms with van der Waals surface area (Å²) in [5.74, 6) is -1.61. The van der Waals surface area contributed by atoms with E-state index in [0.29, 0.717) is 0 Å². The smallest absolute Gasteiger partial charge is 0.411 e. The average molecular weight is 317 g/mol. The van der Waals surface area contributed by atoms with Gasteiger partial charge in [-0.05, 0) is 13.0 Å². The van der Waals surface area contributed by atoms with E-state index in [1.54, 1.807) is 0 Å². The maximum absolute atomic E-state index is 13.3. The molecule has 0 bridgehead atoms. The van der Waals surface area contributed by atoms with Crippen molar-refractivity contribution in [3.8, 4) is 5.75 Å². The van der Waals surface area contributed by atoms with Crippen molar-refractivity contribution < 1.29 is 23.6 Å². The number of fused-ring (bicyclic) bond motifs is 1. The Morgan fingerprint density at radius 2 is 2.33 bits per heavy atom. The molecule has 7 nitrogen and oxygen atoms in total. The molecule has 0 atom stereocenters. The second-order valence-electron chi connectivity index (χ2n) is 3.98. The van der Waals surface area contributed by atoms with Gasteiger partial charge in [-0.3, -0.25) is 10.1 Å². The van der Waals surface area contributed by atoms with Gasteiger partial charge in [-0.2, -0.15) is 0 Å². The highest BCUT2D eigenvalue weighted by Gasteiger charge is 2.32. The normalized spacial score (nSPS) is 15.4. The molecule has 1 N–H and O–H groups in total. The van der Waals surface area contributed by atoms with Crippen molar-refractivity contribution in [3.63, 3.8) is 0 Å². The highest BCUT2D eigenvalue weighted by molar-refractivity contribution is 6.31. The minimum absolute atomic E-state index is 0.00205. The third-order valence-electron chi connectivity index (χ3n) is 2.62. The van der Waals surface area contributed by atoms with Crippen LogP contribution in [0.1, 0.15) is 6.92 Å². The zero-order chi connectivity index (χ0) is 15.6. The quantitative estimate of drug-likeness (QED) is 0.398. The number of nitrogens with zero attached hydrogens (tertiary/aromatic N) is 1. The van der Waals surface area contributed by atoms with Crippen molar-refractivity contribution in [3.05, 3.63) is 44.5 Å². The Balaban J connectivity index is 2.41. The summed E-state index contributed by atoms with van der Waals surface area (Å²) in [5, 5.41) is 13.5. The Kier molecular flexibility index (Phi) is 4.27. The van der Waals surface area contributed by atoms with Crippen LogP contribution in [0, 0.1) is 15.9 Å². The molecule has 2 rings (SSSR count). The number of hydrogen-bond acceptors (Lipinski definition) is 6. The van der Waals surface area contributed by atoms with Crippen molar-refractivity contribution in [2.45, 2.75) is 6.92 Å². The van der Waals surface area contributed by atoms with Gasteiger partial charge in [-0.15, -0.1) is 0 Å². The number of carbonyl (C=O) groups is 1. The largest absolute Gasteiger partial charge is 0.485 e. The molecule has 112 valence electrons. The minimum atomic E-state index is -1.08. The van der Waals surface area contributed by atoms with Crippen LogP contribution in [-0.2, 0) is 9.53 Å². The zero-order valence-corrected chi connectivity index (χ0v) is 11.6. The summed E-state index contributed by atoms with van der Waals surface area (Å²) in [4.78, 5) is 21.8. The van der Waals surface area contributed by atoms with E-state index in [-0.39, 0.29) is 35.4 Å². The van der Waals surface area contributed by atoms with E-state index in [4.69, 9.17) is 16.3 Å². The Bertz CT molecular complexity index is 647. The number of ether oxygens (including phenoxy) is 2. The summed E-state index contributed by atoms with van der Waals surface area (Å²) in [6.07, 6.45) is 0. The van der Waals surface area contributed by atoms with Crippen molar-refractivity contribution in [2.75, 3.05) is 18.5 Å². The first-order chi connectivity index (χ1) is 9.93. The van der Waals surface area contributed by atoms with Gasteiger partial charge in [0.1, 0.15) is 23.9 Å². The molecular weight excluding hydrogens is 307 g/mol. The molecule has 0 aliphatic carbocycles. The van der Waals surface area contributed by atoms with E-state index >= 15 is 0 Å². The molecule has 21 heavy (non-hydrogen) atoms. The van der Waals surface area contributed by atoms with Gasteiger partial charge >= 0.3 is 11.7 Å². The first-order valence-electron chi connectivity index (χ1n) is 5.87. The highest BCUT2D eigenvalue weighted by atomic mass is 35.5. The lowest BCUT2D eigenvalue weighted by Gasteiger charge is -2.21. The summed E-state index contributed by atoms with van der Waals surface area (Å²) in [7, 11) is 0. The van der Waals surface area contributed by atoms with Crippen LogP contribution in [0.5, 0.6) is 5.75 Å². The van der Waals surface area contributed by atoms with Crippen LogP contribution in [0.2, 0.25) is 5.02 Å². The molecule has 0 spiro atoms. The fraction of sp³-hybridized carbons (Fsp3) is 0.250. The number of nitro groups is 1. The predicted octanol–water partition coefficient (Wildman–Crippen LogP) is 2.33. The van der Waals surface area contributed by atoms with Gasteiger partial charge in [-0.1, -0.05) is 11.6 Å². The average Bonchev–Trinajstić information content (AvgIpc) is 2.40. The topological polar surface area (TPSA) is 90.7 Å². The molecule has 0 unspecified atom stereocenters. The molecule has 0 amide bonds. The summed E-state index contributed by atoms with van der Waals surface area (Å²) in [5.41, 5.74) is -0.622. The van der Waals surface area contributed by atoms with Crippen LogP contribution in [0.4, 0.5) is 10.1 Å². The number of nitrogens with one attached hydrogen (secondary N) is 1. The second kappa shape index (κ2) is 5.96. The third-order valence-corrected chi connectivity index (χ3v) is 2.91. The summed E-state index contributed by atoms with van der Waals surface area (Å²) < 4.78 is 23.1. The molecule has 0 fully saturated rings. The molecule has 0 aromatic heterocycles. The van der Waals surface area contributed by atoms with Gasteiger partial charge in [0.05, 0.1) is 22.2 Å². The molecule has 0 saturated carbocycles. The van der Waals surface area contributed by atoms with Gasteiger partial charge < -0.3 is 14.8 Å². The maximum Gasteiger partial charge on any atom is 0.411 e. The summed E-state index contributed by atoms with van der Waals surface area (Å²) in [6, 6.07) is 2.27. The van der Waals surface area contributed by atoms with Crippen molar-refractivity contribution in [1.29, 1.82) is 0 Å². The number of benzene rings is 1. The SMILES string of the molecule is CCOC(=O)/C(=C1\COc2cc(F)c(Cl)cc2N1)[N+](=O)[O-]. The number of rotatable bonds is 3. The number of anilines is 1. The van der Waals surface area contributed by atoms with Gasteiger partial charge in [0.25, 0.3) is 0 Å². The molecule has 0 radical (unpaired) electrons. The van der Waals surface area contributed by atoms with Crippen molar-refractivity contribution >= 4 is 23.3 Å². The fourth-order valence-corrected chi connectivity index (χ4v) is 1.89.